The van der Waals surface area contributed by atoms with Crippen molar-refractivity contribution in [1.29, 1.82) is 5.41 Å². The number of amidine groups is 1. The zero-order valence-electron chi connectivity index (χ0n) is 7.43. The number of rotatable bonds is 4. The van der Waals surface area contributed by atoms with Gasteiger partial charge in [0.2, 0.25) is 0 Å². The molecule has 0 aliphatic carbocycles. The first-order chi connectivity index (χ1) is 6.25. The highest BCUT2D eigenvalue weighted by Crippen LogP contribution is 2.18. The number of hydrogen-bond donors (Lipinski definition) is 3. The third-order valence-corrected chi connectivity index (χ3v) is 2.38. The van der Waals surface area contributed by atoms with Crippen molar-refractivity contribution in [2.24, 2.45) is 5.73 Å². The largest absolute Gasteiger partial charge is 0.396 e. The molecule has 4 N–H and O–H groups in total. The van der Waals surface area contributed by atoms with Crippen molar-refractivity contribution in [3.8, 4) is 0 Å². The second-order valence-corrected chi connectivity index (χ2v) is 3.43. The van der Waals surface area contributed by atoms with Gasteiger partial charge < -0.3 is 10.8 Å². The summed E-state index contributed by atoms with van der Waals surface area (Å²) in [5, 5.41) is 16.6. The number of aliphatic hydroxyl groups excluding tert-OH is 1. The lowest BCUT2D eigenvalue weighted by Gasteiger charge is -2.04. The monoisotopic (exact) mass is 233 g/mol. The van der Waals surface area contributed by atoms with Crippen LogP contribution in [0.4, 0.5) is 0 Å². The molecular formula is C8H12ClN3OS. The molecule has 0 fully saturated rings. The van der Waals surface area contributed by atoms with Crippen molar-refractivity contribution >= 4 is 30.0 Å². The van der Waals surface area contributed by atoms with Crippen LogP contribution in [0.2, 0.25) is 0 Å². The van der Waals surface area contributed by atoms with E-state index in [1.807, 2.05) is 0 Å². The summed E-state index contributed by atoms with van der Waals surface area (Å²) in [4.78, 5) is 4.07. The zero-order valence-corrected chi connectivity index (χ0v) is 9.07. The molecule has 1 rings (SSSR count). The Morgan fingerprint density at radius 2 is 2.36 bits per heavy atom. The second kappa shape index (κ2) is 6.64. The number of nitrogens with zero attached hydrogens (tertiary/aromatic N) is 1. The minimum absolute atomic E-state index is 0. The number of nitrogens with one attached hydrogen (secondary N) is 1. The SMILES string of the molecule is Cl.N=C(N)c1cccnc1SCCO. The van der Waals surface area contributed by atoms with Crippen molar-refractivity contribution in [2.45, 2.75) is 5.03 Å². The van der Waals surface area contributed by atoms with Gasteiger partial charge in [0, 0.05) is 17.5 Å². The van der Waals surface area contributed by atoms with E-state index in [1.165, 1.54) is 11.8 Å². The lowest BCUT2D eigenvalue weighted by molar-refractivity contribution is 0.322. The quantitative estimate of drug-likeness (QED) is 0.410. The average Bonchev–Trinajstić information content (AvgIpc) is 2.15. The summed E-state index contributed by atoms with van der Waals surface area (Å²) in [6.07, 6.45) is 1.64. The van der Waals surface area contributed by atoms with E-state index in [9.17, 15) is 0 Å². The Morgan fingerprint density at radius 1 is 1.64 bits per heavy atom. The second-order valence-electron chi connectivity index (χ2n) is 2.34. The number of halogens is 1. The average molecular weight is 234 g/mol. The number of nitrogens with two attached hydrogens (primary N) is 1. The van der Waals surface area contributed by atoms with Crippen molar-refractivity contribution in [3.05, 3.63) is 23.9 Å². The molecule has 0 spiro atoms. The van der Waals surface area contributed by atoms with Gasteiger partial charge in [-0.2, -0.15) is 0 Å². The summed E-state index contributed by atoms with van der Waals surface area (Å²) in [6, 6.07) is 3.48. The van der Waals surface area contributed by atoms with Gasteiger partial charge >= 0.3 is 0 Å². The van der Waals surface area contributed by atoms with Gasteiger partial charge in [-0.15, -0.1) is 24.2 Å². The van der Waals surface area contributed by atoms with Crippen LogP contribution in [0.3, 0.4) is 0 Å². The van der Waals surface area contributed by atoms with E-state index >= 15 is 0 Å². The smallest absolute Gasteiger partial charge is 0.125 e. The molecule has 1 heterocycles. The van der Waals surface area contributed by atoms with Gasteiger partial charge in [-0.1, -0.05) is 0 Å². The maximum atomic E-state index is 8.62. The number of nitrogen functional groups attached to an aromatic ring is 1. The highest BCUT2D eigenvalue weighted by atomic mass is 35.5. The van der Waals surface area contributed by atoms with Crippen molar-refractivity contribution in [3.63, 3.8) is 0 Å². The highest BCUT2D eigenvalue weighted by Gasteiger charge is 2.05. The Bertz CT molecular complexity index is 308. The molecule has 0 unspecified atom stereocenters. The van der Waals surface area contributed by atoms with Crippen LogP contribution in [0, 0.1) is 5.41 Å². The first-order valence-electron chi connectivity index (χ1n) is 3.78. The van der Waals surface area contributed by atoms with Gasteiger partial charge in [-0.05, 0) is 12.1 Å². The predicted molar refractivity (Wildman–Crippen MR) is 60.3 cm³/mol. The van der Waals surface area contributed by atoms with Crippen LogP contribution < -0.4 is 5.73 Å². The fourth-order valence-electron chi connectivity index (χ4n) is 0.853. The first kappa shape index (κ1) is 13.2. The minimum Gasteiger partial charge on any atom is -0.396 e. The molecule has 1 aromatic heterocycles. The van der Waals surface area contributed by atoms with Gasteiger partial charge in [0.1, 0.15) is 10.9 Å². The van der Waals surface area contributed by atoms with E-state index < -0.39 is 0 Å². The lowest BCUT2D eigenvalue weighted by Crippen LogP contribution is -2.13. The molecule has 6 heteroatoms. The van der Waals surface area contributed by atoms with E-state index in [2.05, 4.69) is 4.98 Å². The van der Waals surface area contributed by atoms with Crippen LogP contribution in [-0.2, 0) is 0 Å². The van der Waals surface area contributed by atoms with Crippen LogP contribution in [0.1, 0.15) is 5.56 Å². The maximum Gasteiger partial charge on any atom is 0.125 e. The molecule has 4 nitrogen and oxygen atoms in total. The standard InChI is InChI=1S/C8H11N3OS.ClH/c9-7(10)6-2-1-3-11-8(6)13-5-4-12;/h1-3,12H,4-5H2,(H3,9,10);1H. The maximum absolute atomic E-state index is 8.62. The summed E-state index contributed by atoms with van der Waals surface area (Å²) in [5.41, 5.74) is 5.98. The normalized spacial score (nSPS) is 9.21. The fourth-order valence-corrected chi connectivity index (χ4v) is 1.61. The van der Waals surface area contributed by atoms with Gasteiger partial charge in [0.15, 0.2) is 0 Å². The number of hydrogen-bond acceptors (Lipinski definition) is 4. The molecule has 0 radical (unpaired) electrons. The highest BCUT2D eigenvalue weighted by molar-refractivity contribution is 7.99. The lowest BCUT2D eigenvalue weighted by atomic mass is 10.3. The summed E-state index contributed by atoms with van der Waals surface area (Å²) in [5.74, 6) is 0.575. The Labute approximate surface area is 92.8 Å². The number of aromatic nitrogens is 1. The van der Waals surface area contributed by atoms with Crippen LogP contribution >= 0.6 is 24.2 Å². The van der Waals surface area contributed by atoms with Crippen molar-refractivity contribution in [2.75, 3.05) is 12.4 Å². The Morgan fingerprint density at radius 3 is 2.93 bits per heavy atom. The third kappa shape index (κ3) is 3.53. The summed E-state index contributed by atoms with van der Waals surface area (Å²) in [7, 11) is 0. The van der Waals surface area contributed by atoms with Gasteiger partial charge in [0.05, 0.1) is 6.61 Å². The zero-order chi connectivity index (χ0) is 9.68. The molecule has 0 saturated carbocycles. The summed E-state index contributed by atoms with van der Waals surface area (Å²) >= 11 is 1.39. The van der Waals surface area contributed by atoms with Gasteiger partial charge in [0.25, 0.3) is 0 Å². The topological polar surface area (TPSA) is 83.0 Å². The van der Waals surface area contributed by atoms with E-state index in [0.29, 0.717) is 16.3 Å². The van der Waals surface area contributed by atoms with E-state index in [-0.39, 0.29) is 24.8 Å². The Hall–Kier alpha value is -0.780. The first-order valence-corrected chi connectivity index (χ1v) is 4.77. The number of thioether (sulfide) groups is 1. The van der Waals surface area contributed by atoms with Crippen LogP contribution in [0.25, 0.3) is 0 Å². The Kier molecular flexibility index (Phi) is 6.27. The van der Waals surface area contributed by atoms with Crippen LogP contribution in [-0.4, -0.2) is 28.3 Å². The Balaban J connectivity index is 0.00000169. The molecule has 14 heavy (non-hydrogen) atoms. The summed E-state index contributed by atoms with van der Waals surface area (Å²) < 4.78 is 0. The van der Waals surface area contributed by atoms with Gasteiger partial charge in [-0.25, -0.2) is 4.98 Å². The fraction of sp³-hybridized carbons (Fsp3) is 0.250. The molecule has 78 valence electrons. The third-order valence-electron chi connectivity index (χ3n) is 1.39. The molecule has 0 aromatic carbocycles. The van der Waals surface area contributed by atoms with Gasteiger partial charge in [-0.3, -0.25) is 5.41 Å². The van der Waals surface area contributed by atoms with E-state index in [4.69, 9.17) is 16.2 Å². The number of aliphatic hydroxyl groups is 1. The van der Waals surface area contributed by atoms with Crippen molar-refractivity contribution in [1.82, 2.24) is 4.98 Å². The molecule has 0 aliphatic rings. The molecular weight excluding hydrogens is 222 g/mol. The molecule has 1 aromatic rings. The predicted octanol–water partition coefficient (Wildman–Crippen LogP) is 0.872. The van der Waals surface area contributed by atoms with Crippen LogP contribution in [0.15, 0.2) is 23.4 Å². The molecule has 0 aliphatic heterocycles. The van der Waals surface area contributed by atoms with E-state index in [0.717, 1.165) is 0 Å². The van der Waals surface area contributed by atoms with Crippen molar-refractivity contribution < 1.29 is 5.11 Å². The molecule has 0 saturated heterocycles. The van der Waals surface area contributed by atoms with Crippen LogP contribution in [0.5, 0.6) is 0 Å². The molecule has 0 atom stereocenters. The molecule has 0 bridgehead atoms. The minimum atomic E-state index is 0. The van der Waals surface area contributed by atoms with E-state index in [1.54, 1.807) is 18.3 Å². The molecule has 0 amide bonds. The summed E-state index contributed by atoms with van der Waals surface area (Å²) in [6.45, 7) is 0.0958. The number of pyridine rings is 1.